The molecule has 7 heteroatoms. The molecule has 32 heavy (non-hydrogen) atoms. The Labute approximate surface area is 184 Å². The van der Waals surface area contributed by atoms with E-state index < -0.39 is 29.3 Å². The molecule has 1 aliphatic heterocycles. The van der Waals surface area contributed by atoms with Gasteiger partial charge in [-0.25, -0.2) is 8.78 Å². The fraction of sp³-hybridized carbons (Fsp3) is 0.280. The molecule has 2 aromatic carbocycles. The van der Waals surface area contributed by atoms with Gasteiger partial charge in [0.15, 0.2) is 0 Å². The van der Waals surface area contributed by atoms with Crippen LogP contribution in [-0.2, 0) is 6.54 Å². The Morgan fingerprint density at radius 2 is 2.00 bits per heavy atom. The third-order valence-corrected chi connectivity index (χ3v) is 6.35. The van der Waals surface area contributed by atoms with E-state index in [1.165, 1.54) is 6.07 Å². The third-order valence-electron chi connectivity index (χ3n) is 6.35. The standard InChI is InChI=1S/C25H25F2N3O2/c1-13-11-28-22-15(13)7-4-8-16(22)19-17(26)10-18-20(21(19)27)23(24(31)25(2,3)30-18)29-12-14-6-5-9-32-14/h4-11,23-24,28-31H,12H2,1-3H3/t23-,24?/m0/s1. The smallest absolute Gasteiger partial charge is 0.140 e. The van der Waals surface area contributed by atoms with Crippen molar-refractivity contribution < 1.29 is 18.3 Å². The number of benzene rings is 2. The van der Waals surface area contributed by atoms with Crippen molar-refractivity contribution in [1.29, 1.82) is 0 Å². The van der Waals surface area contributed by atoms with Crippen LogP contribution >= 0.6 is 0 Å². The predicted molar refractivity (Wildman–Crippen MR) is 120 cm³/mol. The van der Waals surface area contributed by atoms with E-state index in [1.807, 2.05) is 19.2 Å². The highest BCUT2D eigenvalue weighted by molar-refractivity contribution is 5.96. The molecule has 2 aromatic heterocycles. The normalized spacial score (nSPS) is 19.7. The lowest BCUT2D eigenvalue weighted by atomic mass is 9.81. The highest BCUT2D eigenvalue weighted by Crippen LogP contribution is 2.44. The molecule has 3 heterocycles. The van der Waals surface area contributed by atoms with Gasteiger partial charge in [0.2, 0.25) is 0 Å². The van der Waals surface area contributed by atoms with Crippen LogP contribution in [0.25, 0.3) is 22.0 Å². The summed E-state index contributed by atoms with van der Waals surface area (Å²) >= 11 is 0. The number of hydrogen-bond donors (Lipinski definition) is 4. The van der Waals surface area contributed by atoms with Crippen molar-refractivity contribution in [3.05, 3.63) is 77.4 Å². The lowest BCUT2D eigenvalue weighted by molar-refractivity contribution is 0.0655. The number of furan rings is 1. The van der Waals surface area contributed by atoms with Crippen molar-refractivity contribution in [3.63, 3.8) is 0 Å². The van der Waals surface area contributed by atoms with Gasteiger partial charge in [-0.05, 0) is 44.5 Å². The van der Waals surface area contributed by atoms with Crippen LogP contribution in [0.3, 0.4) is 0 Å². The minimum atomic E-state index is -0.971. The van der Waals surface area contributed by atoms with E-state index in [0.29, 0.717) is 29.1 Å². The molecule has 5 rings (SSSR count). The summed E-state index contributed by atoms with van der Waals surface area (Å²) < 4.78 is 36.8. The summed E-state index contributed by atoms with van der Waals surface area (Å²) in [5, 5.41) is 18.3. The van der Waals surface area contributed by atoms with Crippen LogP contribution in [0.15, 0.2) is 53.3 Å². The van der Waals surface area contributed by atoms with Crippen LogP contribution in [0.4, 0.5) is 14.5 Å². The number of H-pyrrole nitrogens is 1. The maximum Gasteiger partial charge on any atom is 0.140 e. The fourth-order valence-electron chi connectivity index (χ4n) is 4.62. The summed E-state index contributed by atoms with van der Waals surface area (Å²) in [6, 6.07) is 9.52. The van der Waals surface area contributed by atoms with E-state index in [1.54, 1.807) is 44.4 Å². The van der Waals surface area contributed by atoms with Gasteiger partial charge in [-0.1, -0.05) is 18.2 Å². The van der Waals surface area contributed by atoms with E-state index in [4.69, 9.17) is 4.42 Å². The second-order valence-electron chi connectivity index (χ2n) is 8.94. The molecule has 166 valence electrons. The number of fused-ring (bicyclic) bond motifs is 2. The number of halogens is 2. The van der Waals surface area contributed by atoms with Crippen molar-refractivity contribution in [2.24, 2.45) is 0 Å². The fourth-order valence-corrected chi connectivity index (χ4v) is 4.62. The molecule has 5 nitrogen and oxygen atoms in total. The van der Waals surface area contributed by atoms with Crippen molar-refractivity contribution in [3.8, 4) is 11.1 Å². The van der Waals surface area contributed by atoms with Crippen LogP contribution in [0, 0.1) is 18.6 Å². The molecule has 0 spiro atoms. The third kappa shape index (κ3) is 3.20. The summed E-state index contributed by atoms with van der Waals surface area (Å²) in [6.45, 7) is 5.84. The van der Waals surface area contributed by atoms with Crippen LogP contribution in [0.5, 0.6) is 0 Å². The van der Waals surface area contributed by atoms with Crippen molar-refractivity contribution in [1.82, 2.24) is 10.3 Å². The van der Waals surface area contributed by atoms with Crippen molar-refractivity contribution >= 4 is 16.6 Å². The van der Waals surface area contributed by atoms with E-state index in [9.17, 15) is 5.11 Å². The number of rotatable bonds is 4. The topological polar surface area (TPSA) is 73.2 Å². The molecule has 0 fully saturated rings. The molecule has 0 saturated heterocycles. The van der Waals surface area contributed by atoms with E-state index in [2.05, 4.69) is 15.6 Å². The van der Waals surface area contributed by atoms with Crippen LogP contribution in [0.1, 0.15) is 36.8 Å². The van der Waals surface area contributed by atoms with E-state index in [-0.39, 0.29) is 11.1 Å². The van der Waals surface area contributed by atoms with Gasteiger partial charge < -0.3 is 25.1 Å². The van der Waals surface area contributed by atoms with Gasteiger partial charge in [0.25, 0.3) is 0 Å². The first-order chi connectivity index (χ1) is 15.3. The first-order valence-electron chi connectivity index (χ1n) is 10.6. The maximum absolute atomic E-state index is 16.1. The first-order valence-corrected chi connectivity index (χ1v) is 10.6. The molecule has 0 radical (unpaired) electrons. The highest BCUT2D eigenvalue weighted by Gasteiger charge is 2.43. The lowest BCUT2D eigenvalue weighted by Crippen LogP contribution is -2.54. The number of aryl methyl sites for hydroxylation is 1. The molecule has 0 aliphatic carbocycles. The van der Waals surface area contributed by atoms with Crippen LogP contribution in [0.2, 0.25) is 0 Å². The largest absolute Gasteiger partial charge is 0.468 e. The SMILES string of the molecule is Cc1c[nH]c2c(-c3c(F)cc4c(c3F)[C@H](NCc3ccco3)C(O)C(C)(C)N4)cccc12. The zero-order chi connectivity index (χ0) is 22.6. The van der Waals surface area contributed by atoms with Crippen LogP contribution < -0.4 is 10.6 Å². The van der Waals surface area contributed by atoms with E-state index >= 15 is 8.78 Å². The monoisotopic (exact) mass is 437 g/mol. The van der Waals surface area contributed by atoms with Gasteiger partial charge in [-0.3, -0.25) is 0 Å². The minimum Gasteiger partial charge on any atom is -0.468 e. The van der Waals surface area contributed by atoms with Crippen LogP contribution in [-0.4, -0.2) is 21.7 Å². The molecule has 1 unspecified atom stereocenters. The second-order valence-corrected chi connectivity index (χ2v) is 8.94. The summed E-state index contributed by atoms with van der Waals surface area (Å²) in [5.74, 6) is -0.700. The summed E-state index contributed by atoms with van der Waals surface area (Å²) in [7, 11) is 0. The molecular weight excluding hydrogens is 412 g/mol. The van der Waals surface area contributed by atoms with Gasteiger partial charge in [0.05, 0.1) is 41.6 Å². The Bertz CT molecular complexity index is 1290. The number of aliphatic hydroxyl groups excluding tert-OH is 1. The Morgan fingerprint density at radius 3 is 2.75 bits per heavy atom. The average molecular weight is 437 g/mol. The number of aromatic amines is 1. The van der Waals surface area contributed by atoms with Gasteiger partial charge in [-0.15, -0.1) is 0 Å². The molecule has 2 atom stereocenters. The number of aromatic nitrogens is 1. The van der Waals surface area contributed by atoms with Gasteiger partial charge >= 0.3 is 0 Å². The first kappa shape index (κ1) is 20.7. The number of para-hydroxylation sites is 1. The molecule has 4 N–H and O–H groups in total. The lowest BCUT2D eigenvalue weighted by Gasteiger charge is -2.44. The summed E-state index contributed by atoms with van der Waals surface area (Å²) in [5.41, 5.74) is 1.73. The molecule has 4 aromatic rings. The van der Waals surface area contributed by atoms with Gasteiger partial charge in [0, 0.05) is 28.4 Å². The number of hydrogen-bond acceptors (Lipinski definition) is 4. The Balaban J connectivity index is 1.68. The average Bonchev–Trinajstić information content (AvgIpc) is 3.39. The van der Waals surface area contributed by atoms with Gasteiger partial charge in [-0.2, -0.15) is 0 Å². The maximum atomic E-state index is 16.1. The predicted octanol–water partition coefficient (Wildman–Crippen LogP) is 5.41. The zero-order valence-electron chi connectivity index (χ0n) is 18.1. The minimum absolute atomic E-state index is 0.116. The number of anilines is 1. The Hall–Kier alpha value is -3.16. The number of nitrogens with one attached hydrogen (secondary N) is 3. The van der Waals surface area contributed by atoms with E-state index in [0.717, 1.165) is 10.9 Å². The Morgan fingerprint density at radius 1 is 1.19 bits per heavy atom. The quantitative estimate of drug-likeness (QED) is 0.344. The zero-order valence-corrected chi connectivity index (χ0v) is 18.1. The summed E-state index contributed by atoms with van der Waals surface area (Å²) in [4.78, 5) is 3.14. The molecular formula is C25H25F2N3O2. The molecule has 0 saturated carbocycles. The summed E-state index contributed by atoms with van der Waals surface area (Å²) in [6.07, 6.45) is 2.41. The Kier molecular flexibility index (Phi) is 4.83. The second kappa shape index (κ2) is 7.46. The number of aliphatic hydroxyl groups is 1. The molecule has 1 aliphatic rings. The van der Waals surface area contributed by atoms with Crippen molar-refractivity contribution in [2.45, 2.75) is 45.0 Å². The van der Waals surface area contributed by atoms with Gasteiger partial charge in [0.1, 0.15) is 17.4 Å². The highest BCUT2D eigenvalue weighted by atomic mass is 19.1. The molecule has 0 bridgehead atoms. The van der Waals surface area contributed by atoms with Crippen molar-refractivity contribution in [2.75, 3.05) is 5.32 Å². The molecule has 0 amide bonds.